The number of hydrogen-bond donors (Lipinski definition) is 1. The van der Waals surface area contributed by atoms with Gasteiger partial charge in [0.1, 0.15) is 0 Å². The zero-order chi connectivity index (χ0) is 17.9. The highest BCUT2D eigenvalue weighted by Crippen LogP contribution is 2.30. The van der Waals surface area contributed by atoms with Crippen LogP contribution in [-0.2, 0) is 0 Å². The number of nitrogens with zero attached hydrogens (tertiary/aromatic N) is 2. The van der Waals surface area contributed by atoms with Crippen molar-refractivity contribution in [1.82, 2.24) is 0 Å². The summed E-state index contributed by atoms with van der Waals surface area (Å²) in [6.45, 7) is 0. The fraction of sp³-hybridized carbons (Fsp3) is 0. The Morgan fingerprint density at radius 3 is 2.58 bits per heavy atom. The van der Waals surface area contributed by atoms with Crippen molar-refractivity contribution >= 4 is 46.8 Å². The number of hydrogen-bond acceptors (Lipinski definition) is 7. The van der Waals surface area contributed by atoms with Gasteiger partial charge in [0.05, 0.1) is 22.8 Å². The van der Waals surface area contributed by atoms with Gasteiger partial charge in [0.2, 0.25) is 0 Å². The summed E-state index contributed by atoms with van der Waals surface area (Å²) in [5.41, 5.74) is 1.73. The molecule has 0 bridgehead atoms. The molecule has 0 atom stereocenters. The predicted molar refractivity (Wildman–Crippen MR) is 84.6 cm³/mol. The molecule has 0 aliphatic carbocycles. The van der Waals surface area contributed by atoms with Crippen molar-refractivity contribution in [1.29, 1.82) is 0 Å². The van der Waals surface area contributed by atoms with E-state index in [0.717, 1.165) is 12.3 Å². The molecule has 0 saturated carbocycles. The molecule has 2 rings (SSSR count). The maximum Gasteiger partial charge on any atom is 0.263 e. The van der Waals surface area contributed by atoms with Gasteiger partial charge in [-0.25, -0.2) is 0 Å². The number of benzene rings is 2. The topological polar surface area (TPSA) is 131 Å². The Labute approximate surface area is 145 Å². The molecule has 0 saturated heterocycles. The average molecular weight is 368 g/mol. The number of hydrazone groups is 1. The first-order valence-electron chi connectivity index (χ1n) is 6.24. The standard InChI is InChI=1S/C14H9Cl2N3O5/c15-8-3-7(13(20)12(4-8)19(23)24)6-17-18-9-1-2-11(16)10(5-9)14(21)22/h1-6,18,20H,(H,21,22)/p-2/b17-6-. The van der Waals surface area contributed by atoms with E-state index in [0.29, 0.717) is 0 Å². The number of anilines is 1. The number of nitro groups is 1. The van der Waals surface area contributed by atoms with Crippen molar-refractivity contribution in [2.75, 3.05) is 5.43 Å². The van der Waals surface area contributed by atoms with Crippen molar-refractivity contribution < 1.29 is 19.9 Å². The number of nitrogens with one attached hydrogen (secondary N) is 1. The van der Waals surface area contributed by atoms with Crippen LogP contribution in [0.25, 0.3) is 0 Å². The summed E-state index contributed by atoms with van der Waals surface area (Å²) in [5, 5.41) is 37.2. The van der Waals surface area contributed by atoms with Gasteiger partial charge < -0.3 is 15.0 Å². The third-order valence-electron chi connectivity index (χ3n) is 2.84. The summed E-state index contributed by atoms with van der Waals surface area (Å²) < 4.78 is 0. The first-order valence-corrected chi connectivity index (χ1v) is 7.00. The van der Waals surface area contributed by atoms with E-state index in [4.69, 9.17) is 23.2 Å². The van der Waals surface area contributed by atoms with Gasteiger partial charge in [-0.05, 0) is 35.6 Å². The summed E-state index contributed by atoms with van der Waals surface area (Å²) in [7, 11) is 0. The van der Waals surface area contributed by atoms with Crippen LogP contribution in [0.2, 0.25) is 10.0 Å². The number of carbonyl (C=O) groups excluding carboxylic acids is 1. The molecule has 0 aliphatic heterocycles. The number of nitro benzene ring substituents is 1. The molecule has 0 spiro atoms. The molecule has 0 amide bonds. The molecular formula is C14H7Cl2N3O5-2. The van der Waals surface area contributed by atoms with Crippen LogP contribution >= 0.6 is 23.2 Å². The van der Waals surface area contributed by atoms with E-state index < -0.39 is 22.3 Å². The third-order valence-corrected chi connectivity index (χ3v) is 3.39. The van der Waals surface area contributed by atoms with Crippen molar-refractivity contribution in [3.63, 3.8) is 0 Å². The highest BCUT2D eigenvalue weighted by atomic mass is 35.5. The van der Waals surface area contributed by atoms with Crippen LogP contribution < -0.4 is 15.6 Å². The Morgan fingerprint density at radius 2 is 1.96 bits per heavy atom. The lowest BCUT2D eigenvalue weighted by molar-refractivity contribution is -0.398. The Balaban J connectivity index is 2.25. The highest BCUT2D eigenvalue weighted by molar-refractivity contribution is 6.33. The Hall–Kier alpha value is -2.84. The summed E-state index contributed by atoms with van der Waals surface area (Å²) >= 11 is 11.4. The minimum atomic E-state index is -1.46. The number of rotatable bonds is 5. The summed E-state index contributed by atoms with van der Waals surface area (Å²) in [5.74, 6) is -2.30. The molecule has 8 nitrogen and oxygen atoms in total. The normalized spacial score (nSPS) is 10.8. The van der Waals surface area contributed by atoms with E-state index >= 15 is 0 Å². The Bertz CT molecular complexity index is 855. The molecule has 0 heterocycles. The lowest BCUT2D eigenvalue weighted by Crippen LogP contribution is -2.22. The first kappa shape index (κ1) is 17.5. The van der Waals surface area contributed by atoms with E-state index in [1.807, 2.05) is 0 Å². The van der Waals surface area contributed by atoms with Gasteiger partial charge in [0.25, 0.3) is 5.69 Å². The van der Waals surface area contributed by atoms with Crippen LogP contribution in [0, 0.1) is 10.1 Å². The fourth-order valence-electron chi connectivity index (χ4n) is 1.76. The molecule has 2 aromatic carbocycles. The molecule has 124 valence electrons. The zero-order valence-corrected chi connectivity index (χ0v) is 13.2. The number of carboxylic acids is 1. The van der Waals surface area contributed by atoms with Crippen LogP contribution in [0.5, 0.6) is 5.75 Å². The second kappa shape index (κ2) is 7.16. The number of aromatic carboxylic acids is 1. The van der Waals surface area contributed by atoms with Crippen molar-refractivity contribution in [3.8, 4) is 5.75 Å². The van der Waals surface area contributed by atoms with E-state index in [2.05, 4.69) is 10.5 Å². The van der Waals surface area contributed by atoms with E-state index in [-0.39, 0.29) is 26.9 Å². The minimum absolute atomic E-state index is 0.00293. The second-order valence-electron chi connectivity index (χ2n) is 4.45. The largest absolute Gasteiger partial charge is 0.867 e. The monoisotopic (exact) mass is 367 g/mol. The molecule has 0 aromatic heterocycles. The summed E-state index contributed by atoms with van der Waals surface area (Å²) in [6, 6.07) is 6.13. The second-order valence-corrected chi connectivity index (χ2v) is 5.30. The summed E-state index contributed by atoms with van der Waals surface area (Å²) in [6.07, 6.45) is 1.04. The first-order chi connectivity index (χ1) is 11.3. The fourth-order valence-corrected chi connectivity index (χ4v) is 2.17. The zero-order valence-electron chi connectivity index (χ0n) is 11.7. The molecule has 0 fully saturated rings. The smallest absolute Gasteiger partial charge is 0.263 e. The quantitative estimate of drug-likeness (QED) is 0.486. The maximum atomic E-state index is 11.9. The van der Waals surface area contributed by atoms with Crippen molar-refractivity contribution in [3.05, 3.63) is 61.6 Å². The molecule has 0 aliphatic rings. The van der Waals surface area contributed by atoms with Gasteiger partial charge in [0, 0.05) is 21.7 Å². The van der Waals surface area contributed by atoms with Crippen molar-refractivity contribution in [2.24, 2.45) is 5.10 Å². The van der Waals surface area contributed by atoms with Crippen LogP contribution in [0.3, 0.4) is 0 Å². The summed E-state index contributed by atoms with van der Waals surface area (Å²) in [4.78, 5) is 20.8. The van der Waals surface area contributed by atoms with E-state index in [9.17, 15) is 25.1 Å². The molecule has 10 heteroatoms. The van der Waals surface area contributed by atoms with E-state index in [1.54, 1.807) is 0 Å². The van der Waals surface area contributed by atoms with Crippen molar-refractivity contribution in [2.45, 2.75) is 0 Å². The third kappa shape index (κ3) is 3.92. The molecule has 24 heavy (non-hydrogen) atoms. The predicted octanol–water partition coefficient (Wildman–Crippen LogP) is 1.78. The molecule has 0 unspecified atom stereocenters. The molecule has 2 aromatic rings. The van der Waals surface area contributed by atoms with Gasteiger partial charge in [0.15, 0.2) is 0 Å². The number of halogens is 2. The van der Waals surface area contributed by atoms with E-state index in [1.165, 1.54) is 24.3 Å². The van der Waals surface area contributed by atoms with Gasteiger partial charge in [-0.2, -0.15) is 5.10 Å². The molecule has 1 N–H and O–H groups in total. The molecular weight excluding hydrogens is 361 g/mol. The van der Waals surface area contributed by atoms with Crippen LogP contribution in [0.4, 0.5) is 11.4 Å². The van der Waals surface area contributed by atoms with Crippen LogP contribution in [0.15, 0.2) is 35.4 Å². The minimum Gasteiger partial charge on any atom is -0.867 e. The maximum absolute atomic E-state index is 11.9. The average Bonchev–Trinajstić information content (AvgIpc) is 2.51. The SMILES string of the molecule is O=C([O-])c1cc(N/N=C\c2cc(Cl)cc([N+](=O)[O-])c2[O-])ccc1Cl. The Morgan fingerprint density at radius 1 is 1.25 bits per heavy atom. The van der Waals surface area contributed by atoms with Gasteiger partial charge in [-0.15, -0.1) is 0 Å². The van der Waals surface area contributed by atoms with Gasteiger partial charge in [-0.1, -0.05) is 23.2 Å². The lowest BCUT2D eigenvalue weighted by Gasteiger charge is -2.11. The number of carboxylic acid groups (broad SMARTS) is 1. The van der Waals surface area contributed by atoms with Crippen LogP contribution in [0.1, 0.15) is 15.9 Å². The number of carbonyl (C=O) groups is 1. The van der Waals surface area contributed by atoms with Gasteiger partial charge in [-0.3, -0.25) is 15.5 Å². The highest BCUT2D eigenvalue weighted by Gasteiger charge is 2.11. The van der Waals surface area contributed by atoms with Gasteiger partial charge >= 0.3 is 0 Å². The Kier molecular flexibility index (Phi) is 5.22. The van der Waals surface area contributed by atoms with Crippen LogP contribution in [-0.4, -0.2) is 17.1 Å². The molecule has 0 radical (unpaired) electrons. The lowest BCUT2D eigenvalue weighted by atomic mass is 10.2.